The zero-order valence-corrected chi connectivity index (χ0v) is 26.6. The number of ketones is 1. The van der Waals surface area contributed by atoms with Crippen LogP contribution in [0.15, 0.2) is 66.4 Å². The van der Waals surface area contributed by atoms with E-state index in [0.29, 0.717) is 5.92 Å². The van der Waals surface area contributed by atoms with Crippen LogP contribution in [-0.4, -0.2) is 15.9 Å². The van der Waals surface area contributed by atoms with E-state index in [9.17, 15) is 4.79 Å². The molecular weight excluding hydrogens is 659 g/mol. The summed E-state index contributed by atoms with van der Waals surface area (Å²) in [7, 11) is 0. The van der Waals surface area contributed by atoms with E-state index in [-0.39, 0.29) is 37.1 Å². The number of aliphatic hydroxyl groups excluding tert-OH is 1. The van der Waals surface area contributed by atoms with E-state index in [0.717, 1.165) is 28.8 Å². The summed E-state index contributed by atoms with van der Waals surface area (Å²) in [6, 6.07) is 23.8. The number of carbonyl (C=O) groups excluding carboxylic acids is 1. The molecule has 0 fully saturated rings. The molecule has 4 aromatic rings. The van der Waals surface area contributed by atoms with Crippen molar-refractivity contribution in [3.05, 3.63) is 100 Å². The number of rotatable bonds is 4. The van der Waals surface area contributed by atoms with Gasteiger partial charge in [-0.3, -0.25) is 9.78 Å². The first-order chi connectivity index (χ1) is 17.9. The summed E-state index contributed by atoms with van der Waals surface area (Å²) in [6.07, 6.45) is 2.21. The van der Waals surface area contributed by atoms with Gasteiger partial charge in [0.25, 0.3) is 0 Å². The van der Waals surface area contributed by atoms with E-state index < -0.39 is 0 Å². The summed E-state index contributed by atoms with van der Waals surface area (Å²) in [5.74, 6) is 0.520. The molecule has 39 heavy (non-hydrogen) atoms. The number of hydrogen-bond donors (Lipinski definition) is 1. The Morgan fingerprint density at radius 2 is 1.69 bits per heavy atom. The van der Waals surface area contributed by atoms with Crippen LogP contribution >= 0.6 is 0 Å². The van der Waals surface area contributed by atoms with Crippen molar-refractivity contribution < 1.29 is 30.0 Å². The van der Waals surface area contributed by atoms with E-state index in [1.165, 1.54) is 58.7 Å². The SMILES string of the molecule is CC(=O)/C=C(/C)O.Cc1[c-]c(-c2cc(CC(C)C)c3cc4c(cc3n2)C(C)(C)c2ccccc2-4)cc(C)c1.[Ir]. The molecule has 1 N–H and O–H groups in total. The normalized spacial score (nSPS) is 13.3. The number of carbonyl (C=O) groups is 1. The molecule has 3 aromatic carbocycles. The van der Waals surface area contributed by atoms with Gasteiger partial charge in [-0.15, -0.1) is 34.9 Å². The fourth-order valence-electron chi connectivity index (χ4n) is 5.57. The molecule has 0 spiro atoms. The number of allylic oxidation sites excluding steroid dienone is 2. The Bertz CT molecular complexity index is 1540. The second-order valence-electron chi connectivity index (χ2n) is 11.5. The molecule has 4 heteroatoms. The maximum absolute atomic E-state index is 10.0. The molecule has 0 saturated heterocycles. The third-order valence-corrected chi connectivity index (χ3v) is 7.06. The zero-order valence-electron chi connectivity index (χ0n) is 24.2. The molecule has 3 nitrogen and oxygen atoms in total. The Labute approximate surface area is 246 Å². The van der Waals surface area contributed by atoms with Gasteiger partial charge in [0.1, 0.15) is 0 Å². The number of aliphatic hydroxyl groups is 1. The maximum atomic E-state index is 10.0. The van der Waals surface area contributed by atoms with Gasteiger partial charge in [-0.2, -0.15) is 0 Å². The predicted octanol–water partition coefficient (Wildman–Crippen LogP) is 8.86. The summed E-state index contributed by atoms with van der Waals surface area (Å²) < 4.78 is 0. The fraction of sp³-hybridized carbons (Fsp3) is 0.314. The van der Waals surface area contributed by atoms with E-state index in [1.54, 1.807) is 0 Å². The van der Waals surface area contributed by atoms with Gasteiger partial charge in [0.05, 0.1) is 11.3 Å². The third-order valence-electron chi connectivity index (χ3n) is 7.06. The van der Waals surface area contributed by atoms with Crippen molar-refractivity contribution in [2.24, 2.45) is 5.92 Å². The standard InChI is InChI=1S/C30H30N.C5H8O2.Ir/c1-18(2)11-21-15-28(22-13-19(3)12-20(4)14-22)31-29-17-27-25(16-24(21)29)23-9-7-8-10-26(23)30(27,5)6;1-4(6)3-5(2)7;/h7-10,12-13,15-18H,11H2,1-6H3;3,6H,1-2H3;/q-1;;/b;4-3-;. The first-order valence-electron chi connectivity index (χ1n) is 13.3. The molecule has 0 unspecified atom stereocenters. The monoisotopic (exact) mass is 697 g/mol. The van der Waals surface area contributed by atoms with Gasteiger partial charge < -0.3 is 5.11 Å². The van der Waals surface area contributed by atoms with Crippen LogP contribution in [0.3, 0.4) is 0 Å². The van der Waals surface area contributed by atoms with Crippen molar-refractivity contribution in [1.29, 1.82) is 0 Å². The Kier molecular flexibility index (Phi) is 9.36. The zero-order chi connectivity index (χ0) is 27.8. The number of hydrogen-bond acceptors (Lipinski definition) is 3. The minimum atomic E-state index is -0.125. The molecule has 0 bridgehead atoms. The smallest absolute Gasteiger partial charge is 0.155 e. The maximum Gasteiger partial charge on any atom is 0.155 e. The fourth-order valence-corrected chi connectivity index (χ4v) is 5.57. The quantitative estimate of drug-likeness (QED) is 0.132. The molecule has 1 aromatic heterocycles. The van der Waals surface area contributed by atoms with Crippen LogP contribution in [0, 0.1) is 25.8 Å². The molecule has 1 aliphatic rings. The Balaban J connectivity index is 0.000000468. The number of fused-ring (bicyclic) bond motifs is 4. The topological polar surface area (TPSA) is 50.2 Å². The Morgan fingerprint density at radius 3 is 2.28 bits per heavy atom. The second kappa shape index (κ2) is 12.0. The number of nitrogens with zero attached hydrogens (tertiary/aromatic N) is 1. The van der Waals surface area contributed by atoms with E-state index in [4.69, 9.17) is 10.1 Å². The van der Waals surface area contributed by atoms with Gasteiger partial charge >= 0.3 is 0 Å². The van der Waals surface area contributed by atoms with Crippen LogP contribution in [0.25, 0.3) is 33.3 Å². The van der Waals surface area contributed by atoms with Gasteiger partial charge in [0.2, 0.25) is 0 Å². The van der Waals surface area contributed by atoms with Crippen molar-refractivity contribution in [2.45, 2.75) is 67.2 Å². The molecule has 1 aliphatic carbocycles. The van der Waals surface area contributed by atoms with Gasteiger partial charge in [0.15, 0.2) is 5.78 Å². The minimum absolute atomic E-state index is 0. The van der Waals surface area contributed by atoms with Crippen molar-refractivity contribution in [2.75, 3.05) is 0 Å². The molecule has 0 atom stereocenters. The van der Waals surface area contributed by atoms with E-state index >= 15 is 0 Å². The molecule has 0 aliphatic heterocycles. The summed E-state index contributed by atoms with van der Waals surface area (Å²) in [5.41, 5.74) is 12.5. The number of aryl methyl sites for hydroxylation is 2. The second-order valence-corrected chi connectivity index (χ2v) is 11.5. The summed E-state index contributed by atoms with van der Waals surface area (Å²) >= 11 is 0. The molecule has 1 heterocycles. The molecule has 1 radical (unpaired) electrons. The summed E-state index contributed by atoms with van der Waals surface area (Å²) in [4.78, 5) is 15.2. The van der Waals surface area contributed by atoms with Gasteiger partial charge in [-0.1, -0.05) is 71.9 Å². The van der Waals surface area contributed by atoms with E-state index in [2.05, 4.69) is 102 Å². The van der Waals surface area contributed by atoms with Crippen molar-refractivity contribution in [3.63, 3.8) is 0 Å². The Hall–Kier alpha value is -3.07. The molecule has 0 saturated carbocycles. The van der Waals surface area contributed by atoms with E-state index in [1.807, 2.05) is 0 Å². The van der Waals surface area contributed by atoms with Crippen molar-refractivity contribution in [1.82, 2.24) is 4.98 Å². The summed E-state index contributed by atoms with van der Waals surface area (Å²) in [5, 5.41) is 9.65. The molecule has 0 amide bonds. The van der Waals surface area contributed by atoms with Crippen LogP contribution in [0.4, 0.5) is 0 Å². The molecule has 205 valence electrons. The van der Waals surface area contributed by atoms with Crippen LogP contribution < -0.4 is 0 Å². The van der Waals surface area contributed by atoms with Gasteiger partial charge in [-0.05, 0) is 71.8 Å². The van der Waals surface area contributed by atoms with Crippen LogP contribution in [-0.2, 0) is 36.7 Å². The minimum Gasteiger partial charge on any atom is -0.512 e. The van der Waals surface area contributed by atoms with Crippen LogP contribution in [0.2, 0.25) is 0 Å². The van der Waals surface area contributed by atoms with Crippen LogP contribution in [0.1, 0.15) is 69.4 Å². The Morgan fingerprint density at radius 1 is 1.00 bits per heavy atom. The molecular formula is C35H38IrNO2-. The number of pyridine rings is 1. The summed E-state index contributed by atoms with van der Waals surface area (Å²) in [6.45, 7) is 16.4. The first kappa shape index (κ1) is 30.5. The molecule has 5 rings (SSSR count). The number of aromatic nitrogens is 1. The van der Waals surface area contributed by atoms with Gasteiger partial charge in [0, 0.05) is 37.0 Å². The average Bonchev–Trinajstić information content (AvgIpc) is 3.03. The van der Waals surface area contributed by atoms with Gasteiger partial charge in [-0.25, -0.2) is 0 Å². The average molecular weight is 697 g/mol. The predicted molar refractivity (Wildman–Crippen MR) is 159 cm³/mol. The largest absolute Gasteiger partial charge is 0.512 e. The first-order valence-corrected chi connectivity index (χ1v) is 13.3. The third kappa shape index (κ3) is 6.57. The van der Waals surface area contributed by atoms with Crippen molar-refractivity contribution in [3.8, 4) is 22.4 Å². The number of benzene rings is 3. The van der Waals surface area contributed by atoms with Crippen molar-refractivity contribution >= 4 is 16.7 Å². The van der Waals surface area contributed by atoms with Crippen LogP contribution in [0.5, 0.6) is 0 Å².